The second kappa shape index (κ2) is 4.47. The predicted molar refractivity (Wildman–Crippen MR) is 63.7 cm³/mol. The molecule has 0 aliphatic rings. The molecule has 0 saturated heterocycles. The first-order valence-electron chi connectivity index (χ1n) is 4.31. The van der Waals surface area contributed by atoms with Crippen molar-refractivity contribution < 1.29 is 0 Å². The Labute approximate surface area is 97.8 Å². The van der Waals surface area contributed by atoms with E-state index in [1.54, 1.807) is 6.08 Å². The molecule has 0 aliphatic heterocycles. The Hall–Kier alpha value is -2.31. The largest absolute Gasteiger partial charge is 0.396 e. The van der Waals surface area contributed by atoms with Gasteiger partial charge in [0.25, 0.3) is 0 Å². The van der Waals surface area contributed by atoms with E-state index in [-0.39, 0.29) is 27.3 Å². The van der Waals surface area contributed by atoms with Gasteiger partial charge in [0.1, 0.15) is 33.7 Å². The molecule has 6 heteroatoms. The molecule has 5 nitrogen and oxygen atoms in total. The van der Waals surface area contributed by atoms with Crippen LogP contribution in [0.15, 0.2) is 12.7 Å². The topological polar surface area (TPSA) is 105 Å². The highest BCUT2D eigenvalue weighted by Gasteiger charge is 2.15. The third-order valence-corrected chi connectivity index (χ3v) is 2.50. The Bertz CT molecular complexity index is 585. The Morgan fingerprint density at radius 2 is 1.88 bits per heavy atom. The minimum atomic E-state index is 0.0350. The van der Waals surface area contributed by atoms with Gasteiger partial charge in [-0.25, -0.2) is 0 Å². The summed E-state index contributed by atoms with van der Waals surface area (Å²) < 4.78 is 1.67. The first-order valence-corrected chi connectivity index (χ1v) is 4.72. The maximum Gasteiger partial charge on any atom is 0.127 e. The molecule has 1 rings (SSSR count). The van der Waals surface area contributed by atoms with Crippen molar-refractivity contribution in [2.75, 3.05) is 11.5 Å². The number of nitrogens with two attached hydrogens (primary N) is 2. The fourth-order valence-corrected chi connectivity index (χ4v) is 1.62. The van der Waals surface area contributed by atoms with Crippen molar-refractivity contribution in [1.82, 2.24) is 4.57 Å². The van der Waals surface area contributed by atoms with Gasteiger partial charge in [0.05, 0.1) is 5.69 Å². The van der Waals surface area contributed by atoms with E-state index in [0.29, 0.717) is 6.54 Å². The van der Waals surface area contributed by atoms with Crippen molar-refractivity contribution in [3.63, 3.8) is 0 Å². The van der Waals surface area contributed by atoms with Crippen LogP contribution in [0.2, 0.25) is 0 Å². The number of anilines is 2. The van der Waals surface area contributed by atoms with Crippen LogP contribution in [0.4, 0.5) is 11.5 Å². The van der Waals surface area contributed by atoms with Crippen LogP contribution in [0, 0.1) is 27.3 Å². The van der Waals surface area contributed by atoms with E-state index in [1.165, 1.54) is 4.57 Å². The number of hydrogen-bond acceptors (Lipinski definition) is 5. The lowest BCUT2D eigenvalue weighted by molar-refractivity contribution is 0.811. The summed E-state index contributed by atoms with van der Waals surface area (Å²) in [7, 11) is 0. The van der Waals surface area contributed by atoms with Gasteiger partial charge in [-0.3, -0.25) is 0 Å². The van der Waals surface area contributed by atoms with E-state index in [9.17, 15) is 0 Å². The zero-order chi connectivity index (χ0) is 12.3. The summed E-state index contributed by atoms with van der Waals surface area (Å²) in [6.07, 6.45) is 1.57. The fourth-order valence-electron chi connectivity index (χ4n) is 1.29. The van der Waals surface area contributed by atoms with Gasteiger partial charge in [-0.15, -0.1) is 6.58 Å². The van der Waals surface area contributed by atoms with Gasteiger partial charge in [0.15, 0.2) is 0 Å². The number of allylic oxidation sites excluding steroid dienone is 1. The van der Waals surface area contributed by atoms with Gasteiger partial charge < -0.3 is 16.0 Å². The quantitative estimate of drug-likeness (QED) is 0.589. The van der Waals surface area contributed by atoms with Crippen LogP contribution in [0.5, 0.6) is 0 Å². The maximum absolute atomic E-state index is 8.92. The summed E-state index contributed by atoms with van der Waals surface area (Å²) in [6.45, 7) is 3.88. The zero-order valence-corrected chi connectivity index (χ0v) is 9.21. The Morgan fingerprint density at radius 1 is 1.31 bits per heavy atom. The summed E-state index contributed by atoms with van der Waals surface area (Å²) in [5.41, 5.74) is 11.6. The molecular formula is C10H9N5S. The molecule has 0 atom stereocenters. The molecule has 0 fully saturated rings. The fraction of sp³-hybridized carbons (Fsp3) is 0.100. The average molecular weight is 231 g/mol. The number of rotatable bonds is 2. The molecule has 1 aromatic rings. The van der Waals surface area contributed by atoms with Crippen molar-refractivity contribution >= 4 is 23.7 Å². The third-order valence-electron chi connectivity index (χ3n) is 2.08. The van der Waals surface area contributed by atoms with Crippen LogP contribution in [-0.2, 0) is 6.54 Å². The minimum absolute atomic E-state index is 0.0350. The molecule has 0 saturated carbocycles. The van der Waals surface area contributed by atoms with Crippen molar-refractivity contribution in [3.05, 3.63) is 28.4 Å². The number of nitriles is 2. The van der Waals surface area contributed by atoms with Gasteiger partial charge in [0, 0.05) is 6.54 Å². The van der Waals surface area contributed by atoms with Crippen LogP contribution in [-0.4, -0.2) is 4.57 Å². The second-order valence-electron chi connectivity index (χ2n) is 2.98. The molecule has 80 valence electrons. The van der Waals surface area contributed by atoms with Crippen molar-refractivity contribution in [1.29, 1.82) is 10.5 Å². The maximum atomic E-state index is 8.92. The van der Waals surface area contributed by atoms with Crippen LogP contribution in [0.25, 0.3) is 0 Å². The Morgan fingerprint density at radius 3 is 2.31 bits per heavy atom. The van der Waals surface area contributed by atoms with Gasteiger partial charge in [0.2, 0.25) is 0 Å². The molecule has 4 N–H and O–H groups in total. The van der Waals surface area contributed by atoms with Crippen molar-refractivity contribution in [2.24, 2.45) is 0 Å². The molecule has 0 aliphatic carbocycles. The highest BCUT2D eigenvalue weighted by molar-refractivity contribution is 7.71. The first-order chi connectivity index (χ1) is 7.58. The monoisotopic (exact) mass is 231 g/mol. The summed E-state index contributed by atoms with van der Waals surface area (Å²) in [4.78, 5) is 0. The normalized spacial score (nSPS) is 9.12. The molecule has 0 unspecified atom stereocenters. The lowest BCUT2D eigenvalue weighted by atomic mass is 10.1. The van der Waals surface area contributed by atoms with Crippen LogP contribution in [0.1, 0.15) is 11.1 Å². The third kappa shape index (κ3) is 1.62. The van der Waals surface area contributed by atoms with E-state index in [2.05, 4.69) is 6.58 Å². The Kier molecular flexibility index (Phi) is 3.29. The van der Waals surface area contributed by atoms with E-state index >= 15 is 0 Å². The predicted octanol–water partition coefficient (Wildman–Crippen LogP) is 1.31. The van der Waals surface area contributed by atoms with E-state index in [1.807, 2.05) is 12.1 Å². The zero-order valence-electron chi connectivity index (χ0n) is 8.40. The molecule has 1 heterocycles. The van der Waals surface area contributed by atoms with E-state index in [0.717, 1.165) is 0 Å². The molecule has 0 amide bonds. The minimum Gasteiger partial charge on any atom is -0.396 e. The van der Waals surface area contributed by atoms with Crippen molar-refractivity contribution in [2.45, 2.75) is 6.54 Å². The smallest absolute Gasteiger partial charge is 0.127 e. The lowest BCUT2D eigenvalue weighted by Gasteiger charge is -2.13. The molecule has 1 aromatic heterocycles. The summed E-state index contributed by atoms with van der Waals surface area (Å²) in [5.74, 6) is 0.156. The molecule has 0 aromatic carbocycles. The second-order valence-corrected chi connectivity index (χ2v) is 3.36. The van der Waals surface area contributed by atoms with E-state index < -0.39 is 0 Å². The molecule has 0 radical (unpaired) electrons. The summed E-state index contributed by atoms with van der Waals surface area (Å²) in [6, 6.07) is 3.74. The number of nitrogens with zero attached hydrogens (tertiary/aromatic N) is 3. The molecule has 0 bridgehead atoms. The van der Waals surface area contributed by atoms with Gasteiger partial charge >= 0.3 is 0 Å². The summed E-state index contributed by atoms with van der Waals surface area (Å²) >= 11 is 5.06. The van der Waals surface area contributed by atoms with Crippen LogP contribution >= 0.6 is 12.2 Å². The highest BCUT2D eigenvalue weighted by atomic mass is 32.1. The average Bonchev–Trinajstić information content (AvgIpc) is 2.26. The number of nitrogen functional groups attached to an aromatic ring is 2. The molecule has 0 spiro atoms. The van der Waals surface area contributed by atoms with Crippen LogP contribution in [0.3, 0.4) is 0 Å². The lowest BCUT2D eigenvalue weighted by Crippen LogP contribution is -2.12. The summed E-state index contributed by atoms with van der Waals surface area (Å²) in [5, 5.41) is 17.8. The van der Waals surface area contributed by atoms with E-state index in [4.69, 9.17) is 34.2 Å². The van der Waals surface area contributed by atoms with Crippen LogP contribution < -0.4 is 11.5 Å². The number of aromatic nitrogens is 1. The SMILES string of the molecule is C=CCn1c(N)c(C#N)c(N)c(C#N)c1=S. The number of hydrogen-bond donors (Lipinski definition) is 2. The highest BCUT2D eigenvalue weighted by Crippen LogP contribution is 2.24. The number of pyridine rings is 1. The molecular weight excluding hydrogens is 222 g/mol. The van der Waals surface area contributed by atoms with Gasteiger partial charge in [-0.2, -0.15) is 10.5 Å². The molecule has 16 heavy (non-hydrogen) atoms. The first kappa shape index (κ1) is 11.8. The standard InChI is InChI=1S/C10H9N5S/c1-2-3-15-9(14)6(4-11)8(13)7(5-12)10(15)16/h2H,1,3,13-14H2. The Balaban J connectivity index is 3.80. The van der Waals surface area contributed by atoms with Gasteiger partial charge in [-0.1, -0.05) is 18.3 Å². The van der Waals surface area contributed by atoms with Gasteiger partial charge in [-0.05, 0) is 0 Å². The van der Waals surface area contributed by atoms with Crippen molar-refractivity contribution in [3.8, 4) is 12.1 Å².